The van der Waals surface area contributed by atoms with Crippen LogP contribution in [-0.2, 0) is 15.6 Å². The van der Waals surface area contributed by atoms with Gasteiger partial charge in [-0.15, -0.1) is 11.3 Å². The van der Waals surface area contributed by atoms with Crippen molar-refractivity contribution in [3.05, 3.63) is 34.8 Å². The first-order valence-electron chi connectivity index (χ1n) is 5.06. The summed E-state index contributed by atoms with van der Waals surface area (Å²) in [4.78, 5) is 4.63. The molecule has 0 radical (unpaired) electrons. The van der Waals surface area contributed by atoms with Gasteiger partial charge in [-0.3, -0.25) is 4.98 Å². The Kier molecular flexibility index (Phi) is 3.53. The second-order valence-electron chi connectivity index (χ2n) is 3.63. The lowest BCUT2D eigenvalue weighted by atomic mass is 10.3. The molecule has 0 saturated heterocycles. The SMILES string of the molecule is COc1ccc(N)c(S(=O)(=O)Cc2cncs2)c1. The van der Waals surface area contributed by atoms with E-state index in [1.165, 1.54) is 30.6 Å². The van der Waals surface area contributed by atoms with Gasteiger partial charge in [0.1, 0.15) is 5.75 Å². The number of benzene rings is 1. The largest absolute Gasteiger partial charge is 0.497 e. The minimum Gasteiger partial charge on any atom is -0.497 e. The Morgan fingerprint density at radius 1 is 1.44 bits per heavy atom. The van der Waals surface area contributed by atoms with E-state index in [1.807, 2.05) is 0 Å². The number of anilines is 1. The van der Waals surface area contributed by atoms with Crippen molar-refractivity contribution in [3.8, 4) is 5.75 Å². The first-order valence-corrected chi connectivity index (χ1v) is 7.60. The van der Waals surface area contributed by atoms with Crippen LogP contribution in [0, 0.1) is 0 Å². The third-order valence-electron chi connectivity index (χ3n) is 2.37. The van der Waals surface area contributed by atoms with Gasteiger partial charge in [0.05, 0.1) is 29.0 Å². The highest BCUT2D eigenvalue weighted by atomic mass is 32.2. The van der Waals surface area contributed by atoms with E-state index >= 15 is 0 Å². The van der Waals surface area contributed by atoms with Crippen LogP contribution in [-0.4, -0.2) is 20.5 Å². The van der Waals surface area contributed by atoms with Crippen LogP contribution in [0.3, 0.4) is 0 Å². The zero-order valence-corrected chi connectivity index (χ0v) is 11.3. The number of rotatable bonds is 4. The molecule has 1 aromatic heterocycles. The van der Waals surface area contributed by atoms with Gasteiger partial charge in [0.15, 0.2) is 9.84 Å². The average Bonchev–Trinajstić information content (AvgIpc) is 2.81. The van der Waals surface area contributed by atoms with Gasteiger partial charge in [0.2, 0.25) is 0 Å². The van der Waals surface area contributed by atoms with Gasteiger partial charge in [-0.05, 0) is 12.1 Å². The molecule has 0 spiro atoms. The van der Waals surface area contributed by atoms with Crippen molar-refractivity contribution in [1.29, 1.82) is 0 Å². The van der Waals surface area contributed by atoms with Crippen molar-refractivity contribution in [3.63, 3.8) is 0 Å². The van der Waals surface area contributed by atoms with E-state index in [0.717, 1.165) is 0 Å². The van der Waals surface area contributed by atoms with Crippen molar-refractivity contribution in [2.75, 3.05) is 12.8 Å². The first-order chi connectivity index (χ1) is 8.53. The standard InChI is InChI=1S/C11H12N2O3S2/c1-16-8-2-3-10(12)11(4-8)18(14,15)6-9-5-13-7-17-9/h2-5,7H,6,12H2,1H3. The predicted molar refractivity (Wildman–Crippen MR) is 70.4 cm³/mol. The summed E-state index contributed by atoms with van der Waals surface area (Å²) in [5.74, 6) is 0.363. The summed E-state index contributed by atoms with van der Waals surface area (Å²) in [7, 11) is -2.00. The van der Waals surface area contributed by atoms with E-state index in [2.05, 4.69) is 4.98 Å². The number of sulfone groups is 1. The number of nitrogens with two attached hydrogens (primary N) is 1. The predicted octanol–water partition coefficient (Wildman–Crippen LogP) is 1.71. The van der Waals surface area contributed by atoms with Crippen LogP contribution in [0.15, 0.2) is 34.8 Å². The second kappa shape index (κ2) is 4.95. The van der Waals surface area contributed by atoms with Gasteiger partial charge in [0.25, 0.3) is 0 Å². The molecule has 2 aromatic rings. The Hall–Kier alpha value is -1.60. The van der Waals surface area contributed by atoms with E-state index in [1.54, 1.807) is 17.8 Å². The molecule has 0 saturated carbocycles. The highest BCUT2D eigenvalue weighted by Gasteiger charge is 2.20. The third kappa shape index (κ3) is 2.62. The quantitative estimate of drug-likeness (QED) is 0.864. The lowest BCUT2D eigenvalue weighted by molar-refractivity contribution is 0.413. The fraction of sp³-hybridized carbons (Fsp3) is 0.182. The fourth-order valence-electron chi connectivity index (χ4n) is 1.49. The zero-order valence-electron chi connectivity index (χ0n) is 9.66. The fourth-order valence-corrected chi connectivity index (χ4v) is 3.93. The molecular formula is C11H12N2O3S2. The number of nitrogens with zero attached hydrogens (tertiary/aromatic N) is 1. The van der Waals surface area contributed by atoms with E-state index in [9.17, 15) is 8.42 Å². The Bertz CT molecular complexity index is 636. The Morgan fingerprint density at radius 3 is 2.83 bits per heavy atom. The number of methoxy groups -OCH3 is 1. The smallest absolute Gasteiger partial charge is 0.185 e. The maximum Gasteiger partial charge on any atom is 0.185 e. The summed E-state index contributed by atoms with van der Waals surface area (Å²) in [5, 5.41) is 0. The van der Waals surface area contributed by atoms with Gasteiger partial charge in [0, 0.05) is 17.1 Å². The lowest BCUT2D eigenvalue weighted by Gasteiger charge is -2.08. The second-order valence-corrected chi connectivity index (χ2v) is 6.56. The number of thiazole rings is 1. The Balaban J connectivity index is 2.40. The number of hydrogen-bond donors (Lipinski definition) is 1. The molecular weight excluding hydrogens is 272 g/mol. The summed E-state index contributed by atoms with van der Waals surface area (Å²) in [5.41, 5.74) is 7.53. The molecule has 96 valence electrons. The molecule has 1 heterocycles. The number of nitrogen functional groups attached to an aromatic ring is 1. The molecule has 0 bridgehead atoms. The number of ether oxygens (including phenoxy) is 1. The summed E-state index contributed by atoms with van der Waals surface area (Å²) in [6.07, 6.45) is 1.54. The van der Waals surface area contributed by atoms with Gasteiger partial charge in [-0.1, -0.05) is 0 Å². The highest BCUT2D eigenvalue weighted by molar-refractivity contribution is 7.91. The van der Waals surface area contributed by atoms with Crippen molar-refractivity contribution in [2.24, 2.45) is 0 Å². The molecule has 0 aliphatic rings. The number of hydrogen-bond acceptors (Lipinski definition) is 6. The van der Waals surface area contributed by atoms with Gasteiger partial charge in [-0.25, -0.2) is 8.42 Å². The summed E-state index contributed by atoms with van der Waals surface area (Å²) in [6.45, 7) is 0. The van der Waals surface area contributed by atoms with Gasteiger partial charge >= 0.3 is 0 Å². The summed E-state index contributed by atoms with van der Waals surface area (Å²) >= 11 is 1.30. The molecule has 2 rings (SSSR count). The highest BCUT2D eigenvalue weighted by Crippen LogP contribution is 2.27. The van der Waals surface area contributed by atoms with E-state index in [0.29, 0.717) is 10.6 Å². The van der Waals surface area contributed by atoms with Crippen molar-refractivity contribution >= 4 is 26.9 Å². The molecule has 0 fully saturated rings. The van der Waals surface area contributed by atoms with Crippen LogP contribution >= 0.6 is 11.3 Å². The van der Waals surface area contributed by atoms with Crippen LogP contribution < -0.4 is 10.5 Å². The van der Waals surface area contributed by atoms with Gasteiger partial charge in [-0.2, -0.15) is 0 Å². The normalized spacial score (nSPS) is 11.4. The molecule has 0 aliphatic heterocycles. The molecule has 0 amide bonds. The third-order valence-corrected chi connectivity index (χ3v) is 5.05. The van der Waals surface area contributed by atoms with Crippen LogP contribution in [0.5, 0.6) is 5.75 Å². The number of aromatic nitrogens is 1. The van der Waals surface area contributed by atoms with Crippen molar-refractivity contribution in [2.45, 2.75) is 10.6 Å². The van der Waals surface area contributed by atoms with Crippen LogP contribution in [0.1, 0.15) is 4.88 Å². The summed E-state index contributed by atoms with van der Waals surface area (Å²) in [6, 6.07) is 4.59. The molecule has 0 atom stereocenters. The lowest BCUT2D eigenvalue weighted by Crippen LogP contribution is -2.07. The minimum atomic E-state index is -3.48. The minimum absolute atomic E-state index is 0.0928. The summed E-state index contributed by atoms with van der Waals surface area (Å²) < 4.78 is 29.5. The average molecular weight is 284 g/mol. The monoisotopic (exact) mass is 284 g/mol. The molecule has 2 N–H and O–H groups in total. The first kappa shape index (κ1) is 12.8. The van der Waals surface area contributed by atoms with Crippen molar-refractivity contribution in [1.82, 2.24) is 4.98 Å². The van der Waals surface area contributed by atoms with E-state index in [4.69, 9.17) is 10.5 Å². The molecule has 0 unspecified atom stereocenters. The maximum absolute atomic E-state index is 12.2. The molecule has 5 nitrogen and oxygen atoms in total. The van der Waals surface area contributed by atoms with Gasteiger partial charge < -0.3 is 10.5 Å². The Morgan fingerprint density at radius 2 is 2.22 bits per heavy atom. The zero-order chi connectivity index (χ0) is 13.2. The van der Waals surface area contributed by atoms with Crippen LogP contribution in [0.25, 0.3) is 0 Å². The Labute approximate surface area is 109 Å². The maximum atomic E-state index is 12.2. The topological polar surface area (TPSA) is 82.3 Å². The van der Waals surface area contributed by atoms with Crippen molar-refractivity contribution < 1.29 is 13.2 Å². The van der Waals surface area contributed by atoms with Crippen LogP contribution in [0.2, 0.25) is 0 Å². The van der Waals surface area contributed by atoms with Crippen LogP contribution in [0.4, 0.5) is 5.69 Å². The molecule has 0 aliphatic carbocycles. The van der Waals surface area contributed by atoms with E-state index < -0.39 is 9.84 Å². The van der Waals surface area contributed by atoms with E-state index in [-0.39, 0.29) is 16.3 Å². The molecule has 1 aromatic carbocycles. The molecule has 7 heteroatoms. The molecule has 18 heavy (non-hydrogen) atoms.